The molecule has 0 radical (unpaired) electrons. The zero-order valence-electron chi connectivity index (χ0n) is 16.4. The number of ether oxygens (including phenoxy) is 4. The Morgan fingerprint density at radius 3 is 2.00 bits per heavy atom. The van der Waals surface area contributed by atoms with Crippen LogP contribution in [0.4, 0.5) is 0 Å². The second kappa shape index (κ2) is 8.06. The molecule has 1 aromatic heterocycles. The molecular formula is C23H20N2O4. The minimum Gasteiger partial charge on any atom is -0.497 e. The molecule has 1 heterocycles. The quantitative estimate of drug-likeness (QED) is 0.457. The van der Waals surface area contributed by atoms with Crippen molar-refractivity contribution >= 4 is 10.9 Å². The molecule has 4 aromatic rings. The van der Waals surface area contributed by atoms with Gasteiger partial charge in [-0.15, -0.1) is 0 Å². The Kier molecular flexibility index (Phi) is 5.16. The summed E-state index contributed by atoms with van der Waals surface area (Å²) >= 11 is 0. The highest BCUT2D eigenvalue weighted by molar-refractivity contribution is 5.87. The predicted octanol–water partition coefficient (Wildman–Crippen LogP) is 5.11. The van der Waals surface area contributed by atoms with Crippen LogP contribution in [-0.2, 0) is 0 Å². The monoisotopic (exact) mass is 388 g/mol. The second-order valence-electron chi connectivity index (χ2n) is 6.27. The number of methoxy groups -OCH3 is 3. The zero-order valence-corrected chi connectivity index (χ0v) is 16.4. The van der Waals surface area contributed by atoms with Crippen molar-refractivity contribution in [2.75, 3.05) is 21.3 Å². The zero-order chi connectivity index (χ0) is 20.2. The summed E-state index contributed by atoms with van der Waals surface area (Å²) in [5.41, 5.74) is 2.75. The highest BCUT2D eigenvalue weighted by Crippen LogP contribution is 2.36. The van der Waals surface area contributed by atoms with Crippen molar-refractivity contribution < 1.29 is 18.9 Å². The summed E-state index contributed by atoms with van der Waals surface area (Å²) in [6.45, 7) is 0. The van der Waals surface area contributed by atoms with E-state index in [9.17, 15) is 0 Å². The van der Waals surface area contributed by atoms with Gasteiger partial charge >= 0.3 is 0 Å². The van der Waals surface area contributed by atoms with Gasteiger partial charge in [0.25, 0.3) is 0 Å². The standard InChI is InChI=1S/C23H20N2O4/c1-26-17-8-4-6-15(10-17)16-7-5-9-18(11-16)29-23-19-12-21(27-2)22(28-3)13-20(19)24-14-25-23/h4-14H,1-3H3. The lowest BCUT2D eigenvalue weighted by Crippen LogP contribution is -1.95. The third kappa shape index (κ3) is 3.78. The number of aromatic nitrogens is 2. The summed E-state index contributed by atoms with van der Waals surface area (Å²) in [4.78, 5) is 8.62. The van der Waals surface area contributed by atoms with Crippen molar-refractivity contribution in [2.45, 2.75) is 0 Å². The molecule has 0 fully saturated rings. The van der Waals surface area contributed by atoms with Gasteiger partial charge in [0.05, 0.1) is 32.2 Å². The number of rotatable bonds is 6. The number of hydrogen-bond donors (Lipinski definition) is 0. The maximum Gasteiger partial charge on any atom is 0.230 e. The Bertz CT molecular complexity index is 1160. The summed E-state index contributed by atoms with van der Waals surface area (Å²) in [5.74, 6) is 3.10. The van der Waals surface area contributed by atoms with E-state index in [4.69, 9.17) is 18.9 Å². The fourth-order valence-corrected chi connectivity index (χ4v) is 3.09. The maximum absolute atomic E-state index is 6.10. The van der Waals surface area contributed by atoms with E-state index in [0.717, 1.165) is 22.3 Å². The summed E-state index contributed by atoms with van der Waals surface area (Å²) in [7, 11) is 4.83. The largest absolute Gasteiger partial charge is 0.497 e. The number of nitrogens with zero attached hydrogens (tertiary/aromatic N) is 2. The first kappa shape index (κ1) is 18.6. The molecule has 6 nitrogen and oxygen atoms in total. The molecule has 0 aliphatic heterocycles. The first-order valence-electron chi connectivity index (χ1n) is 9.01. The SMILES string of the molecule is COc1cccc(-c2cccc(Oc3ncnc4cc(OC)c(OC)cc34)c2)c1. The molecule has 0 saturated carbocycles. The summed E-state index contributed by atoms with van der Waals surface area (Å²) in [6.07, 6.45) is 1.47. The van der Waals surface area contributed by atoms with Crippen LogP contribution in [0.2, 0.25) is 0 Å². The lowest BCUT2D eigenvalue weighted by Gasteiger charge is -2.12. The van der Waals surface area contributed by atoms with E-state index in [1.54, 1.807) is 27.4 Å². The van der Waals surface area contributed by atoms with Gasteiger partial charge in [-0.1, -0.05) is 24.3 Å². The number of benzene rings is 3. The van der Waals surface area contributed by atoms with Gasteiger partial charge in [0, 0.05) is 6.07 Å². The molecule has 29 heavy (non-hydrogen) atoms. The van der Waals surface area contributed by atoms with Crippen LogP contribution in [0.25, 0.3) is 22.0 Å². The lowest BCUT2D eigenvalue weighted by atomic mass is 10.1. The van der Waals surface area contributed by atoms with Gasteiger partial charge in [0.2, 0.25) is 5.88 Å². The minimum absolute atomic E-state index is 0.443. The Balaban J connectivity index is 1.72. The van der Waals surface area contributed by atoms with Gasteiger partial charge in [0.1, 0.15) is 17.8 Å². The molecule has 6 heteroatoms. The van der Waals surface area contributed by atoms with E-state index < -0.39 is 0 Å². The average molecular weight is 388 g/mol. The molecule has 0 atom stereocenters. The van der Waals surface area contributed by atoms with Gasteiger partial charge in [-0.2, -0.15) is 0 Å². The van der Waals surface area contributed by atoms with Gasteiger partial charge in [-0.3, -0.25) is 0 Å². The topological polar surface area (TPSA) is 62.7 Å². The second-order valence-corrected chi connectivity index (χ2v) is 6.27. The third-order valence-corrected chi connectivity index (χ3v) is 4.56. The molecule has 0 saturated heterocycles. The van der Waals surface area contributed by atoms with Crippen molar-refractivity contribution in [3.05, 3.63) is 67.0 Å². The van der Waals surface area contributed by atoms with E-state index in [1.165, 1.54) is 6.33 Å². The van der Waals surface area contributed by atoms with E-state index in [0.29, 0.717) is 28.6 Å². The van der Waals surface area contributed by atoms with E-state index in [-0.39, 0.29) is 0 Å². The van der Waals surface area contributed by atoms with Crippen LogP contribution in [0.1, 0.15) is 0 Å². The van der Waals surface area contributed by atoms with Crippen LogP contribution in [0.3, 0.4) is 0 Å². The van der Waals surface area contributed by atoms with Crippen molar-refractivity contribution in [3.8, 4) is 40.0 Å². The molecule has 0 unspecified atom stereocenters. The van der Waals surface area contributed by atoms with E-state index >= 15 is 0 Å². The summed E-state index contributed by atoms with van der Waals surface area (Å²) in [6, 6.07) is 19.3. The lowest BCUT2D eigenvalue weighted by molar-refractivity contribution is 0.355. The van der Waals surface area contributed by atoms with Crippen molar-refractivity contribution in [1.29, 1.82) is 0 Å². The molecule has 4 rings (SSSR count). The Morgan fingerprint density at radius 1 is 0.655 bits per heavy atom. The highest BCUT2D eigenvalue weighted by atomic mass is 16.5. The normalized spacial score (nSPS) is 10.6. The predicted molar refractivity (Wildman–Crippen MR) is 111 cm³/mol. The van der Waals surface area contributed by atoms with Crippen LogP contribution in [-0.4, -0.2) is 31.3 Å². The van der Waals surface area contributed by atoms with Crippen molar-refractivity contribution in [1.82, 2.24) is 9.97 Å². The maximum atomic E-state index is 6.10. The molecule has 0 bridgehead atoms. The Hall–Kier alpha value is -3.80. The molecular weight excluding hydrogens is 368 g/mol. The Labute approximate surface area is 168 Å². The van der Waals surface area contributed by atoms with Crippen LogP contribution >= 0.6 is 0 Å². The van der Waals surface area contributed by atoms with E-state index in [2.05, 4.69) is 9.97 Å². The third-order valence-electron chi connectivity index (χ3n) is 4.56. The molecule has 0 N–H and O–H groups in total. The summed E-state index contributed by atoms with van der Waals surface area (Å²) < 4.78 is 22.2. The van der Waals surface area contributed by atoms with Crippen LogP contribution in [0.5, 0.6) is 28.9 Å². The van der Waals surface area contributed by atoms with Crippen LogP contribution in [0, 0.1) is 0 Å². The van der Waals surface area contributed by atoms with Gasteiger partial charge < -0.3 is 18.9 Å². The number of hydrogen-bond acceptors (Lipinski definition) is 6. The van der Waals surface area contributed by atoms with Crippen LogP contribution in [0.15, 0.2) is 67.0 Å². The van der Waals surface area contributed by atoms with E-state index in [1.807, 2.05) is 54.6 Å². The highest BCUT2D eigenvalue weighted by Gasteiger charge is 2.13. The molecule has 146 valence electrons. The van der Waals surface area contributed by atoms with Gasteiger partial charge in [-0.25, -0.2) is 9.97 Å². The van der Waals surface area contributed by atoms with Crippen LogP contribution < -0.4 is 18.9 Å². The summed E-state index contributed by atoms with van der Waals surface area (Å²) in [5, 5.41) is 0.733. The van der Waals surface area contributed by atoms with Crippen molar-refractivity contribution in [3.63, 3.8) is 0 Å². The molecule has 0 amide bonds. The van der Waals surface area contributed by atoms with Crippen molar-refractivity contribution in [2.24, 2.45) is 0 Å². The Morgan fingerprint density at radius 2 is 1.31 bits per heavy atom. The fraction of sp³-hybridized carbons (Fsp3) is 0.130. The smallest absolute Gasteiger partial charge is 0.230 e. The molecule has 0 aliphatic rings. The molecule has 0 aliphatic carbocycles. The number of fused-ring (bicyclic) bond motifs is 1. The first-order chi connectivity index (χ1) is 14.2. The average Bonchev–Trinajstić information content (AvgIpc) is 2.78. The molecule has 0 spiro atoms. The van der Waals surface area contributed by atoms with Gasteiger partial charge in [0.15, 0.2) is 11.5 Å². The fourth-order valence-electron chi connectivity index (χ4n) is 3.09. The van der Waals surface area contributed by atoms with Gasteiger partial charge in [-0.05, 0) is 41.5 Å². The molecule has 3 aromatic carbocycles. The minimum atomic E-state index is 0.443. The first-order valence-corrected chi connectivity index (χ1v) is 9.01.